The third-order valence-electron chi connectivity index (χ3n) is 4.19. The Hall–Kier alpha value is -2.50. The summed E-state index contributed by atoms with van der Waals surface area (Å²) in [6.07, 6.45) is 10.2. The van der Waals surface area contributed by atoms with Crippen LogP contribution >= 0.6 is 0 Å². The fourth-order valence-electron chi connectivity index (χ4n) is 2.90. The lowest BCUT2D eigenvalue weighted by Gasteiger charge is -2.14. The average molecular weight is 346 g/mol. The Morgan fingerprint density at radius 2 is 1.92 bits per heavy atom. The second-order valence-corrected chi connectivity index (χ2v) is 6.20. The fraction of sp³-hybridized carbons (Fsp3) is 0.474. The maximum atomic E-state index is 12.1. The molecule has 1 aliphatic carbocycles. The molecule has 0 atom stereocenters. The van der Waals surface area contributed by atoms with Gasteiger partial charge < -0.3 is 20.5 Å². The van der Waals surface area contributed by atoms with Gasteiger partial charge in [0.25, 0.3) is 5.91 Å². The number of nitrogens with two attached hydrogens (primary N) is 1. The molecule has 1 aliphatic rings. The largest absolute Gasteiger partial charge is 0.493 e. The third-order valence-corrected chi connectivity index (χ3v) is 4.19. The Kier molecular flexibility index (Phi) is 7.32. The lowest BCUT2D eigenvalue weighted by atomic mass is 10.1. The summed E-state index contributed by atoms with van der Waals surface area (Å²) in [6.45, 7) is -0.213. The number of hydrogen-bond acceptors (Lipinski definition) is 4. The van der Waals surface area contributed by atoms with Crippen LogP contribution in [-0.4, -0.2) is 31.6 Å². The molecule has 6 nitrogen and oxygen atoms in total. The molecule has 6 heteroatoms. The van der Waals surface area contributed by atoms with E-state index in [0.717, 1.165) is 18.4 Å². The molecule has 0 heterocycles. The molecule has 1 aromatic carbocycles. The van der Waals surface area contributed by atoms with Crippen molar-refractivity contribution >= 4 is 17.9 Å². The summed E-state index contributed by atoms with van der Waals surface area (Å²) in [5.41, 5.74) is 5.87. The number of carbonyl (C=O) groups is 2. The molecule has 0 aliphatic heterocycles. The van der Waals surface area contributed by atoms with Crippen LogP contribution in [0.25, 0.3) is 6.08 Å². The zero-order chi connectivity index (χ0) is 18.1. The van der Waals surface area contributed by atoms with Gasteiger partial charge in [-0.1, -0.05) is 31.7 Å². The minimum Gasteiger partial charge on any atom is -0.493 e. The standard InChI is InChI=1S/C19H26N2O4/c1-24-17-12-14(8-10-16(17)25-13-18(20)22)9-11-19(23)21-15-6-4-2-3-5-7-15/h8-12,15H,2-7,13H2,1H3,(H2,20,22)(H,21,23)/b11-9+. The number of carbonyl (C=O) groups excluding carboxylic acids is 2. The van der Waals surface area contributed by atoms with Gasteiger partial charge in [0.05, 0.1) is 7.11 Å². The number of benzene rings is 1. The predicted octanol–water partition coefficient (Wildman–Crippen LogP) is 2.41. The average Bonchev–Trinajstić information content (AvgIpc) is 2.87. The zero-order valence-electron chi connectivity index (χ0n) is 14.6. The summed E-state index contributed by atoms with van der Waals surface area (Å²) >= 11 is 0. The van der Waals surface area contributed by atoms with E-state index in [4.69, 9.17) is 15.2 Å². The Labute approximate surface area is 148 Å². The molecule has 136 valence electrons. The first-order chi connectivity index (χ1) is 12.1. The first-order valence-corrected chi connectivity index (χ1v) is 8.66. The number of hydrogen-bond donors (Lipinski definition) is 2. The van der Waals surface area contributed by atoms with Gasteiger partial charge >= 0.3 is 0 Å². The normalized spacial score (nSPS) is 15.6. The van der Waals surface area contributed by atoms with Gasteiger partial charge in [0.15, 0.2) is 18.1 Å². The molecule has 1 aromatic rings. The van der Waals surface area contributed by atoms with E-state index in [0.29, 0.717) is 11.5 Å². The van der Waals surface area contributed by atoms with E-state index in [9.17, 15) is 9.59 Å². The summed E-state index contributed by atoms with van der Waals surface area (Å²) < 4.78 is 10.5. The Balaban J connectivity index is 1.94. The Morgan fingerprint density at radius 3 is 2.56 bits per heavy atom. The van der Waals surface area contributed by atoms with Gasteiger partial charge in [0.2, 0.25) is 5.91 Å². The highest BCUT2D eigenvalue weighted by Crippen LogP contribution is 2.28. The van der Waals surface area contributed by atoms with Crippen molar-refractivity contribution in [2.24, 2.45) is 5.73 Å². The first kappa shape index (κ1) is 18.8. The number of primary amides is 1. The molecule has 3 N–H and O–H groups in total. The van der Waals surface area contributed by atoms with Crippen molar-refractivity contribution in [1.29, 1.82) is 0 Å². The quantitative estimate of drug-likeness (QED) is 0.586. The van der Waals surface area contributed by atoms with Crippen LogP contribution < -0.4 is 20.5 Å². The van der Waals surface area contributed by atoms with E-state index in [2.05, 4.69) is 5.32 Å². The number of nitrogens with one attached hydrogen (secondary N) is 1. The van der Waals surface area contributed by atoms with Gasteiger partial charge in [0, 0.05) is 12.1 Å². The molecule has 1 saturated carbocycles. The first-order valence-electron chi connectivity index (χ1n) is 8.66. The van der Waals surface area contributed by atoms with Crippen LogP contribution in [-0.2, 0) is 9.59 Å². The summed E-state index contributed by atoms with van der Waals surface area (Å²) in [6, 6.07) is 5.49. The molecule has 0 radical (unpaired) electrons. The molecule has 0 unspecified atom stereocenters. The van der Waals surface area contributed by atoms with Gasteiger partial charge in [-0.25, -0.2) is 0 Å². The number of rotatable bonds is 7. The molecule has 2 amide bonds. The van der Waals surface area contributed by atoms with Crippen molar-refractivity contribution in [1.82, 2.24) is 5.32 Å². The van der Waals surface area contributed by atoms with Gasteiger partial charge in [-0.05, 0) is 36.6 Å². The molecule has 25 heavy (non-hydrogen) atoms. The van der Waals surface area contributed by atoms with E-state index in [-0.39, 0.29) is 18.6 Å². The maximum Gasteiger partial charge on any atom is 0.255 e. The van der Waals surface area contributed by atoms with Gasteiger partial charge in [0.1, 0.15) is 0 Å². The minimum absolute atomic E-state index is 0.0834. The van der Waals surface area contributed by atoms with Crippen molar-refractivity contribution in [2.75, 3.05) is 13.7 Å². The topological polar surface area (TPSA) is 90.7 Å². The highest BCUT2D eigenvalue weighted by Gasteiger charge is 2.13. The molecule has 0 bridgehead atoms. The van der Waals surface area contributed by atoms with E-state index < -0.39 is 5.91 Å². The van der Waals surface area contributed by atoms with Gasteiger partial charge in [-0.2, -0.15) is 0 Å². The van der Waals surface area contributed by atoms with Crippen LogP contribution in [0.4, 0.5) is 0 Å². The van der Waals surface area contributed by atoms with Crippen molar-refractivity contribution in [3.63, 3.8) is 0 Å². The number of methoxy groups -OCH3 is 1. The van der Waals surface area contributed by atoms with Crippen LogP contribution in [0.1, 0.15) is 44.1 Å². The summed E-state index contributed by atoms with van der Waals surface area (Å²) in [7, 11) is 1.51. The van der Waals surface area contributed by atoms with Crippen molar-refractivity contribution < 1.29 is 19.1 Å². The lowest BCUT2D eigenvalue weighted by Crippen LogP contribution is -2.33. The highest BCUT2D eigenvalue weighted by molar-refractivity contribution is 5.92. The SMILES string of the molecule is COc1cc(/C=C/C(=O)NC2CCCCCC2)ccc1OCC(N)=O. The molecule has 0 spiro atoms. The molecule has 0 aromatic heterocycles. The van der Waals surface area contributed by atoms with E-state index in [1.54, 1.807) is 24.3 Å². The molecular formula is C19H26N2O4. The van der Waals surface area contributed by atoms with Crippen LogP contribution in [0, 0.1) is 0 Å². The smallest absolute Gasteiger partial charge is 0.255 e. The van der Waals surface area contributed by atoms with Crippen molar-refractivity contribution in [2.45, 2.75) is 44.6 Å². The predicted molar refractivity (Wildman–Crippen MR) is 96.4 cm³/mol. The van der Waals surface area contributed by atoms with Crippen LogP contribution in [0.5, 0.6) is 11.5 Å². The number of ether oxygens (including phenoxy) is 2. The minimum atomic E-state index is -0.554. The maximum absolute atomic E-state index is 12.1. The summed E-state index contributed by atoms with van der Waals surface area (Å²) in [5, 5.41) is 3.07. The van der Waals surface area contributed by atoms with Crippen LogP contribution in [0.15, 0.2) is 24.3 Å². The third kappa shape index (κ3) is 6.49. The van der Waals surface area contributed by atoms with E-state index in [1.807, 2.05) is 0 Å². The zero-order valence-corrected chi connectivity index (χ0v) is 14.6. The van der Waals surface area contributed by atoms with E-state index in [1.165, 1.54) is 38.9 Å². The second-order valence-electron chi connectivity index (χ2n) is 6.20. The monoisotopic (exact) mass is 346 g/mol. The van der Waals surface area contributed by atoms with Crippen LogP contribution in [0.2, 0.25) is 0 Å². The lowest BCUT2D eigenvalue weighted by molar-refractivity contribution is -0.120. The molecule has 2 rings (SSSR count). The van der Waals surface area contributed by atoms with Crippen LogP contribution in [0.3, 0.4) is 0 Å². The molecule has 1 fully saturated rings. The van der Waals surface area contributed by atoms with Crippen molar-refractivity contribution in [3.05, 3.63) is 29.8 Å². The molecule has 0 saturated heterocycles. The molecular weight excluding hydrogens is 320 g/mol. The van der Waals surface area contributed by atoms with Gasteiger partial charge in [-0.3, -0.25) is 9.59 Å². The number of amides is 2. The van der Waals surface area contributed by atoms with E-state index >= 15 is 0 Å². The van der Waals surface area contributed by atoms with Gasteiger partial charge in [-0.15, -0.1) is 0 Å². The Bertz CT molecular complexity index is 620. The Morgan fingerprint density at radius 1 is 1.20 bits per heavy atom. The van der Waals surface area contributed by atoms with Crippen molar-refractivity contribution in [3.8, 4) is 11.5 Å². The second kappa shape index (κ2) is 9.71. The summed E-state index contributed by atoms with van der Waals surface area (Å²) in [4.78, 5) is 22.9. The fourth-order valence-corrected chi connectivity index (χ4v) is 2.90. The highest BCUT2D eigenvalue weighted by atomic mass is 16.5. The summed E-state index contributed by atoms with van der Waals surface area (Å²) in [5.74, 6) is 0.273.